The lowest BCUT2D eigenvalue weighted by molar-refractivity contribution is 0.390. The molecule has 2 fully saturated rings. The highest BCUT2D eigenvalue weighted by Crippen LogP contribution is 2.44. The van der Waals surface area contributed by atoms with E-state index in [0.717, 1.165) is 12.8 Å². The Balaban J connectivity index is 1.73. The van der Waals surface area contributed by atoms with Crippen molar-refractivity contribution in [3.63, 3.8) is 0 Å². The van der Waals surface area contributed by atoms with Crippen molar-refractivity contribution >= 4 is 33.2 Å². The molecule has 0 heterocycles. The van der Waals surface area contributed by atoms with E-state index in [1.54, 1.807) is 18.2 Å². The van der Waals surface area contributed by atoms with E-state index in [1.165, 1.54) is 12.8 Å². The summed E-state index contributed by atoms with van der Waals surface area (Å²) >= 11 is 12.1. The van der Waals surface area contributed by atoms with Crippen LogP contribution in [0.4, 0.5) is 0 Å². The van der Waals surface area contributed by atoms with Crippen LogP contribution in [0.25, 0.3) is 0 Å². The van der Waals surface area contributed by atoms with Gasteiger partial charge in [0.2, 0.25) is 10.0 Å². The minimum atomic E-state index is -3.40. The fourth-order valence-corrected chi connectivity index (χ4v) is 5.74. The number of rotatable bonds is 4. The number of sulfonamides is 1. The van der Waals surface area contributed by atoms with Crippen molar-refractivity contribution in [1.29, 1.82) is 0 Å². The number of benzene rings is 1. The Morgan fingerprint density at radius 1 is 1.15 bits per heavy atom. The predicted octanol–water partition coefficient (Wildman–Crippen LogP) is 3.60. The summed E-state index contributed by atoms with van der Waals surface area (Å²) in [7, 11) is -3.40. The van der Waals surface area contributed by atoms with Gasteiger partial charge in [0, 0.05) is 21.7 Å². The predicted molar refractivity (Wildman–Crippen MR) is 81.5 cm³/mol. The molecular weight excluding hydrogens is 317 g/mol. The Labute approximate surface area is 129 Å². The molecule has 1 aromatic carbocycles. The van der Waals surface area contributed by atoms with E-state index < -0.39 is 10.0 Å². The quantitative estimate of drug-likeness (QED) is 0.914. The second-order valence-corrected chi connectivity index (χ2v) is 8.43. The Hall–Kier alpha value is -0.290. The van der Waals surface area contributed by atoms with Gasteiger partial charge in [0.1, 0.15) is 0 Å². The number of nitrogens with one attached hydrogen (secondary N) is 1. The second kappa shape index (κ2) is 5.48. The summed E-state index contributed by atoms with van der Waals surface area (Å²) in [5.41, 5.74) is 0.478. The Morgan fingerprint density at radius 3 is 2.40 bits per heavy atom. The average molecular weight is 334 g/mol. The first-order valence-corrected chi connectivity index (χ1v) is 9.28. The summed E-state index contributed by atoms with van der Waals surface area (Å²) < 4.78 is 27.5. The third-order valence-electron chi connectivity index (χ3n) is 4.47. The van der Waals surface area contributed by atoms with E-state index in [2.05, 4.69) is 4.72 Å². The van der Waals surface area contributed by atoms with E-state index in [1.807, 2.05) is 0 Å². The first-order valence-electron chi connectivity index (χ1n) is 6.87. The van der Waals surface area contributed by atoms with Crippen molar-refractivity contribution < 1.29 is 8.42 Å². The normalized spacial score (nSPS) is 29.0. The molecule has 1 aromatic rings. The zero-order valence-corrected chi connectivity index (χ0v) is 13.3. The zero-order valence-electron chi connectivity index (χ0n) is 11.0. The van der Waals surface area contributed by atoms with Crippen LogP contribution in [0.5, 0.6) is 0 Å². The summed E-state index contributed by atoms with van der Waals surface area (Å²) in [6.07, 6.45) is 4.53. The van der Waals surface area contributed by atoms with E-state index >= 15 is 0 Å². The molecule has 3 rings (SSSR count). The lowest BCUT2D eigenvalue weighted by Gasteiger charge is -2.23. The molecule has 2 aliphatic rings. The highest BCUT2D eigenvalue weighted by Gasteiger charge is 2.41. The van der Waals surface area contributed by atoms with Gasteiger partial charge in [-0.2, -0.15) is 0 Å². The number of fused-ring (bicyclic) bond motifs is 2. The van der Waals surface area contributed by atoms with Crippen LogP contribution in [0.2, 0.25) is 10.0 Å². The highest BCUT2D eigenvalue weighted by molar-refractivity contribution is 7.88. The van der Waals surface area contributed by atoms with Gasteiger partial charge in [-0.3, -0.25) is 0 Å². The van der Waals surface area contributed by atoms with Crippen LogP contribution in [0.1, 0.15) is 31.2 Å². The molecule has 0 saturated heterocycles. The van der Waals surface area contributed by atoms with Crippen LogP contribution in [0, 0.1) is 11.8 Å². The van der Waals surface area contributed by atoms with Crippen LogP contribution in [0.3, 0.4) is 0 Å². The summed E-state index contributed by atoms with van der Waals surface area (Å²) in [5, 5.41) is 0.798. The molecule has 2 bridgehead atoms. The molecule has 0 radical (unpaired) electrons. The average Bonchev–Trinajstić information content (AvgIpc) is 2.95. The second-order valence-electron chi connectivity index (χ2n) is 5.86. The van der Waals surface area contributed by atoms with Gasteiger partial charge in [0.15, 0.2) is 0 Å². The van der Waals surface area contributed by atoms with E-state index in [4.69, 9.17) is 23.2 Å². The van der Waals surface area contributed by atoms with Crippen LogP contribution in [-0.4, -0.2) is 14.5 Å². The van der Waals surface area contributed by atoms with Gasteiger partial charge in [-0.1, -0.05) is 35.7 Å². The first-order chi connectivity index (χ1) is 9.44. The maximum Gasteiger partial charge on any atom is 0.216 e. The smallest absolute Gasteiger partial charge is 0.212 e. The van der Waals surface area contributed by atoms with Crippen LogP contribution < -0.4 is 4.72 Å². The van der Waals surface area contributed by atoms with Gasteiger partial charge >= 0.3 is 0 Å². The van der Waals surface area contributed by atoms with Crippen molar-refractivity contribution in [2.45, 2.75) is 37.5 Å². The molecule has 110 valence electrons. The maximum absolute atomic E-state index is 12.3. The monoisotopic (exact) mass is 333 g/mol. The number of halogens is 2. The fraction of sp³-hybridized carbons (Fsp3) is 0.571. The molecule has 0 aromatic heterocycles. The van der Waals surface area contributed by atoms with Gasteiger partial charge in [-0.15, -0.1) is 0 Å². The van der Waals surface area contributed by atoms with Crippen LogP contribution in [0.15, 0.2) is 18.2 Å². The Kier molecular flexibility index (Phi) is 4.01. The Morgan fingerprint density at radius 2 is 1.85 bits per heavy atom. The molecule has 0 spiro atoms. The molecule has 0 amide bonds. The van der Waals surface area contributed by atoms with E-state index in [0.29, 0.717) is 27.4 Å². The third kappa shape index (κ3) is 2.98. The minimum Gasteiger partial charge on any atom is -0.212 e. The first kappa shape index (κ1) is 14.6. The lowest BCUT2D eigenvalue weighted by Crippen LogP contribution is -2.39. The topological polar surface area (TPSA) is 46.2 Å². The van der Waals surface area contributed by atoms with Crippen molar-refractivity contribution in [3.8, 4) is 0 Å². The minimum absolute atomic E-state index is 0.0972. The van der Waals surface area contributed by atoms with E-state index in [9.17, 15) is 8.42 Å². The molecular formula is C14H17Cl2NO2S. The zero-order chi connectivity index (χ0) is 14.3. The molecule has 3 unspecified atom stereocenters. The molecule has 2 saturated carbocycles. The maximum atomic E-state index is 12.3. The van der Waals surface area contributed by atoms with Crippen LogP contribution >= 0.6 is 23.2 Å². The SMILES string of the molecule is O=S(=O)(Cc1c(Cl)cccc1Cl)NC1CC2CCC1C2. The summed E-state index contributed by atoms with van der Waals surface area (Å²) in [6, 6.07) is 5.13. The molecule has 1 N–H and O–H groups in total. The summed E-state index contributed by atoms with van der Waals surface area (Å²) in [4.78, 5) is 0. The summed E-state index contributed by atoms with van der Waals surface area (Å²) in [5.74, 6) is 1.06. The molecule has 20 heavy (non-hydrogen) atoms. The molecule has 3 nitrogen and oxygen atoms in total. The standard InChI is InChI=1S/C14H17Cl2NO2S/c15-12-2-1-3-13(16)11(12)8-20(18,19)17-14-7-9-4-5-10(14)6-9/h1-3,9-10,14,17H,4-8H2. The van der Waals surface area contributed by atoms with E-state index in [-0.39, 0.29) is 11.8 Å². The summed E-state index contributed by atoms with van der Waals surface area (Å²) in [6.45, 7) is 0. The number of hydrogen-bond donors (Lipinski definition) is 1. The Bertz CT molecular complexity index is 597. The van der Waals surface area contributed by atoms with Gasteiger partial charge < -0.3 is 0 Å². The lowest BCUT2D eigenvalue weighted by atomic mass is 9.96. The van der Waals surface area contributed by atoms with Gasteiger partial charge in [-0.25, -0.2) is 13.1 Å². The van der Waals surface area contributed by atoms with Gasteiger partial charge in [0.25, 0.3) is 0 Å². The molecule has 3 atom stereocenters. The number of hydrogen-bond acceptors (Lipinski definition) is 2. The molecule has 2 aliphatic carbocycles. The third-order valence-corrected chi connectivity index (χ3v) is 6.50. The van der Waals surface area contributed by atoms with Gasteiger partial charge in [-0.05, 0) is 43.2 Å². The van der Waals surface area contributed by atoms with Crippen molar-refractivity contribution in [3.05, 3.63) is 33.8 Å². The largest absolute Gasteiger partial charge is 0.216 e. The molecule has 6 heteroatoms. The van der Waals surface area contributed by atoms with Gasteiger partial charge in [0.05, 0.1) is 5.75 Å². The molecule has 0 aliphatic heterocycles. The van der Waals surface area contributed by atoms with Crippen LogP contribution in [-0.2, 0) is 15.8 Å². The van der Waals surface area contributed by atoms with Crippen molar-refractivity contribution in [1.82, 2.24) is 4.72 Å². The van der Waals surface area contributed by atoms with Crippen molar-refractivity contribution in [2.24, 2.45) is 11.8 Å². The van der Waals surface area contributed by atoms with Crippen molar-refractivity contribution in [2.75, 3.05) is 0 Å². The fourth-order valence-electron chi connectivity index (χ4n) is 3.52. The highest BCUT2D eigenvalue weighted by atomic mass is 35.5.